The van der Waals surface area contributed by atoms with E-state index in [1.54, 1.807) is 20.8 Å². The molecule has 0 radical (unpaired) electrons. The summed E-state index contributed by atoms with van der Waals surface area (Å²) in [5.41, 5.74) is 2.73. The van der Waals surface area contributed by atoms with Gasteiger partial charge in [0.15, 0.2) is 0 Å². The highest BCUT2D eigenvalue weighted by molar-refractivity contribution is 5.67. The Hall–Kier alpha value is -1.77. The number of alkyl halides is 3. The molecular weight excluding hydrogens is 301 g/mol. The Morgan fingerprint density at radius 1 is 1.36 bits per heavy atom. The molecule has 0 aliphatic heterocycles. The first-order valence-corrected chi connectivity index (χ1v) is 6.67. The van der Waals surface area contributed by atoms with Crippen molar-refractivity contribution < 1.29 is 22.7 Å². The van der Waals surface area contributed by atoms with E-state index in [9.17, 15) is 18.0 Å². The standard InChI is InChI=1S/C13H21F3N4O2/c1-11(2,3)22-10(21)18-7-12(4,6-17)8-5-19-20-9(8)13(14,15)16/h5H,6-7,17H2,1-4H3,(H,18,21)(H,19,20). The summed E-state index contributed by atoms with van der Waals surface area (Å²) in [6, 6.07) is 0. The molecule has 0 aromatic carbocycles. The van der Waals surface area contributed by atoms with Crippen LogP contribution in [0.5, 0.6) is 0 Å². The molecule has 0 spiro atoms. The van der Waals surface area contributed by atoms with Crippen LogP contribution in [0.1, 0.15) is 39.0 Å². The first-order chi connectivity index (χ1) is 9.89. The molecule has 0 fully saturated rings. The molecule has 1 aromatic rings. The number of aromatic amines is 1. The molecule has 0 saturated carbocycles. The summed E-state index contributed by atoms with van der Waals surface area (Å²) in [4.78, 5) is 11.7. The van der Waals surface area contributed by atoms with Crippen LogP contribution in [0, 0.1) is 0 Å². The van der Waals surface area contributed by atoms with Crippen molar-refractivity contribution in [2.75, 3.05) is 13.1 Å². The monoisotopic (exact) mass is 322 g/mol. The summed E-state index contributed by atoms with van der Waals surface area (Å²) in [5, 5.41) is 7.83. The summed E-state index contributed by atoms with van der Waals surface area (Å²) in [6.07, 6.45) is -4.22. The Labute approximate surface area is 126 Å². The fraction of sp³-hybridized carbons (Fsp3) is 0.692. The second kappa shape index (κ2) is 6.15. The zero-order valence-electron chi connectivity index (χ0n) is 13.0. The average Bonchev–Trinajstić information content (AvgIpc) is 2.83. The molecule has 0 bridgehead atoms. The van der Waals surface area contributed by atoms with Gasteiger partial charge in [0.05, 0.1) is 6.20 Å². The number of alkyl carbamates (subject to hydrolysis) is 1. The third-order valence-corrected chi connectivity index (χ3v) is 3.05. The lowest BCUT2D eigenvalue weighted by Gasteiger charge is -2.29. The number of nitrogens with one attached hydrogen (secondary N) is 2. The second-order valence-electron chi connectivity index (χ2n) is 6.28. The molecule has 1 heterocycles. The molecular formula is C13H21F3N4O2. The van der Waals surface area contributed by atoms with Crippen LogP contribution >= 0.6 is 0 Å². The lowest BCUT2D eigenvalue weighted by atomic mass is 9.82. The Bertz CT molecular complexity index is 522. The molecule has 1 atom stereocenters. The third-order valence-electron chi connectivity index (χ3n) is 3.05. The van der Waals surface area contributed by atoms with Crippen LogP contribution in [-0.2, 0) is 16.3 Å². The van der Waals surface area contributed by atoms with Crippen LogP contribution in [0.4, 0.5) is 18.0 Å². The van der Waals surface area contributed by atoms with E-state index in [1.165, 1.54) is 6.92 Å². The Morgan fingerprint density at radius 3 is 2.41 bits per heavy atom. The predicted octanol–water partition coefficient (Wildman–Crippen LogP) is 2.17. The molecule has 0 aliphatic rings. The van der Waals surface area contributed by atoms with Crippen molar-refractivity contribution in [2.45, 2.75) is 44.9 Å². The van der Waals surface area contributed by atoms with E-state index in [2.05, 4.69) is 10.4 Å². The molecule has 1 amide bonds. The van der Waals surface area contributed by atoms with Gasteiger partial charge in [-0.2, -0.15) is 18.3 Å². The van der Waals surface area contributed by atoms with Gasteiger partial charge in [-0.3, -0.25) is 5.10 Å². The van der Waals surface area contributed by atoms with Crippen molar-refractivity contribution in [3.8, 4) is 0 Å². The van der Waals surface area contributed by atoms with Gasteiger partial charge in [0.1, 0.15) is 11.3 Å². The molecule has 6 nitrogen and oxygen atoms in total. The van der Waals surface area contributed by atoms with Gasteiger partial charge in [-0.1, -0.05) is 6.92 Å². The molecule has 0 aliphatic carbocycles. The van der Waals surface area contributed by atoms with Crippen molar-refractivity contribution in [3.63, 3.8) is 0 Å². The van der Waals surface area contributed by atoms with Crippen molar-refractivity contribution >= 4 is 6.09 Å². The van der Waals surface area contributed by atoms with E-state index >= 15 is 0 Å². The molecule has 1 unspecified atom stereocenters. The number of hydrogen-bond acceptors (Lipinski definition) is 4. The minimum absolute atomic E-state index is 0.0986. The van der Waals surface area contributed by atoms with Crippen LogP contribution in [0.15, 0.2) is 6.20 Å². The van der Waals surface area contributed by atoms with Crippen LogP contribution in [0.25, 0.3) is 0 Å². The summed E-state index contributed by atoms with van der Waals surface area (Å²) >= 11 is 0. The summed E-state index contributed by atoms with van der Waals surface area (Å²) in [5.74, 6) is 0. The number of hydrogen-bond donors (Lipinski definition) is 3. The number of nitrogens with two attached hydrogens (primary N) is 1. The molecule has 126 valence electrons. The SMILES string of the molecule is CC(C)(C)OC(=O)NCC(C)(CN)c1cn[nH]c1C(F)(F)F. The van der Waals surface area contributed by atoms with Crippen molar-refractivity contribution in [1.29, 1.82) is 0 Å². The largest absolute Gasteiger partial charge is 0.444 e. The molecule has 0 saturated heterocycles. The van der Waals surface area contributed by atoms with E-state index in [4.69, 9.17) is 10.5 Å². The fourth-order valence-corrected chi connectivity index (χ4v) is 1.82. The summed E-state index contributed by atoms with van der Waals surface area (Å²) in [7, 11) is 0. The van der Waals surface area contributed by atoms with Gasteiger partial charge in [-0.25, -0.2) is 4.79 Å². The van der Waals surface area contributed by atoms with E-state index in [1.807, 2.05) is 5.10 Å². The number of H-pyrrole nitrogens is 1. The topological polar surface area (TPSA) is 93.0 Å². The molecule has 4 N–H and O–H groups in total. The van der Waals surface area contributed by atoms with Gasteiger partial charge in [0, 0.05) is 24.1 Å². The zero-order valence-corrected chi connectivity index (χ0v) is 13.0. The van der Waals surface area contributed by atoms with E-state index in [0.717, 1.165) is 6.20 Å². The maximum absolute atomic E-state index is 12.9. The van der Waals surface area contributed by atoms with E-state index < -0.39 is 29.0 Å². The number of carbonyl (C=O) groups excluding carboxylic acids is 1. The normalized spacial score (nSPS) is 15.3. The van der Waals surface area contributed by atoms with Gasteiger partial charge < -0.3 is 15.8 Å². The number of nitrogens with zero attached hydrogens (tertiary/aromatic N) is 1. The summed E-state index contributed by atoms with van der Waals surface area (Å²) in [6.45, 7) is 6.36. The fourth-order valence-electron chi connectivity index (χ4n) is 1.82. The van der Waals surface area contributed by atoms with E-state index in [0.29, 0.717) is 0 Å². The maximum atomic E-state index is 12.9. The Kier molecular flexibility index (Phi) is 5.11. The van der Waals surface area contributed by atoms with Crippen LogP contribution in [-0.4, -0.2) is 35.0 Å². The highest BCUT2D eigenvalue weighted by Gasteiger charge is 2.41. The first-order valence-electron chi connectivity index (χ1n) is 6.67. The lowest BCUT2D eigenvalue weighted by molar-refractivity contribution is -0.142. The van der Waals surface area contributed by atoms with Crippen molar-refractivity contribution in [1.82, 2.24) is 15.5 Å². The van der Waals surface area contributed by atoms with Gasteiger partial charge in [0.25, 0.3) is 0 Å². The second-order valence-corrected chi connectivity index (χ2v) is 6.28. The quantitative estimate of drug-likeness (QED) is 0.792. The van der Waals surface area contributed by atoms with Crippen molar-refractivity contribution in [2.24, 2.45) is 5.73 Å². The third kappa shape index (κ3) is 4.62. The van der Waals surface area contributed by atoms with Gasteiger partial charge >= 0.3 is 12.3 Å². The predicted molar refractivity (Wildman–Crippen MR) is 74.2 cm³/mol. The minimum Gasteiger partial charge on any atom is -0.444 e. The molecule has 1 rings (SSSR count). The molecule has 9 heteroatoms. The minimum atomic E-state index is -4.58. The zero-order chi connectivity index (χ0) is 17.2. The first kappa shape index (κ1) is 18.3. The highest BCUT2D eigenvalue weighted by Crippen LogP contribution is 2.35. The van der Waals surface area contributed by atoms with Gasteiger partial charge in [-0.15, -0.1) is 0 Å². The van der Waals surface area contributed by atoms with Crippen LogP contribution < -0.4 is 11.1 Å². The number of amides is 1. The molecule has 22 heavy (non-hydrogen) atoms. The average molecular weight is 322 g/mol. The maximum Gasteiger partial charge on any atom is 0.433 e. The Balaban J connectivity index is 2.90. The number of ether oxygens (including phenoxy) is 1. The summed E-state index contributed by atoms with van der Waals surface area (Å²) < 4.78 is 43.9. The van der Waals surface area contributed by atoms with Gasteiger partial charge in [-0.05, 0) is 20.8 Å². The lowest BCUT2D eigenvalue weighted by Crippen LogP contribution is -2.45. The molecule has 1 aromatic heterocycles. The highest BCUT2D eigenvalue weighted by atomic mass is 19.4. The number of aromatic nitrogens is 2. The smallest absolute Gasteiger partial charge is 0.433 e. The number of rotatable bonds is 4. The number of halogens is 3. The van der Waals surface area contributed by atoms with Crippen molar-refractivity contribution in [3.05, 3.63) is 17.5 Å². The van der Waals surface area contributed by atoms with Crippen LogP contribution in [0.2, 0.25) is 0 Å². The van der Waals surface area contributed by atoms with Gasteiger partial charge in [0.2, 0.25) is 0 Å². The van der Waals surface area contributed by atoms with E-state index in [-0.39, 0.29) is 18.7 Å². The number of carbonyl (C=O) groups is 1. The Morgan fingerprint density at radius 2 is 1.95 bits per heavy atom. The van der Waals surface area contributed by atoms with Crippen LogP contribution in [0.3, 0.4) is 0 Å².